The van der Waals surface area contributed by atoms with E-state index in [1.165, 1.54) is 11.1 Å². The predicted molar refractivity (Wildman–Crippen MR) is 106 cm³/mol. The molecule has 1 aliphatic rings. The molecular weight excluding hydrogens is 334 g/mol. The number of H-pyrrole nitrogens is 1. The van der Waals surface area contributed by atoms with Crippen molar-refractivity contribution in [3.63, 3.8) is 0 Å². The molecule has 0 aliphatic heterocycles. The lowest BCUT2D eigenvalue weighted by atomic mass is 9.88. The minimum absolute atomic E-state index is 0.0393. The second-order valence-electron chi connectivity index (χ2n) is 7.25. The van der Waals surface area contributed by atoms with Gasteiger partial charge in [-0.05, 0) is 30.4 Å². The third-order valence-electron chi connectivity index (χ3n) is 5.38. The van der Waals surface area contributed by atoms with Crippen LogP contribution in [-0.2, 0) is 30.6 Å². The van der Waals surface area contributed by atoms with Gasteiger partial charge in [0.1, 0.15) is 0 Å². The molecule has 1 N–H and O–H groups in total. The van der Waals surface area contributed by atoms with E-state index < -0.39 is 0 Å². The van der Waals surface area contributed by atoms with Crippen molar-refractivity contribution in [3.05, 3.63) is 89.5 Å². The molecule has 0 saturated heterocycles. The number of imidazole rings is 1. The molecule has 4 rings (SSSR count). The highest BCUT2D eigenvalue weighted by Crippen LogP contribution is 2.25. The van der Waals surface area contributed by atoms with Crippen LogP contribution in [0.4, 0.5) is 0 Å². The molecule has 0 saturated carbocycles. The largest absolute Gasteiger partial charge is 0.348 e. The van der Waals surface area contributed by atoms with Crippen molar-refractivity contribution in [1.29, 1.82) is 0 Å². The molecular formula is C23H25N3O. The van der Waals surface area contributed by atoms with E-state index in [0.717, 1.165) is 43.6 Å². The molecule has 2 aromatic carbocycles. The fourth-order valence-corrected chi connectivity index (χ4v) is 3.85. The summed E-state index contributed by atoms with van der Waals surface area (Å²) in [6.07, 6.45) is 5.15. The van der Waals surface area contributed by atoms with Crippen molar-refractivity contribution in [2.75, 3.05) is 6.54 Å². The SMILES string of the molecule is O=C(C1CCc2nc[nH]c2C1)N(CCc1ccccc1)Cc1ccccc1. The first kappa shape index (κ1) is 17.5. The van der Waals surface area contributed by atoms with E-state index in [4.69, 9.17) is 0 Å². The zero-order valence-electron chi connectivity index (χ0n) is 15.5. The van der Waals surface area contributed by atoms with Crippen LogP contribution in [0.15, 0.2) is 67.0 Å². The first-order chi connectivity index (χ1) is 13.3. The molecule has 0 spiro atoms. The summed E-state index contributed by atoms with van der Waals surface area (Å²) in [5, 5.41) is 0. The van der Waals surface area contributed by atoms with Crippen molar-refractivity contribution in [3.8, 4) is 0 Å². The van der Waals surface area contributed by atoms with Gasteiger partial charge >= 0.3 is 0 Å². The van der Waals surface area contributed by atoms with E-state index >= 15 is 0 Å². The van der Waals surface area contributed by atoms with Gasteiger partial charge in [0, 0.05) is 31.1 Å². The summed E-state index contributed by atoms with van der Waals surface area (Å²) in [4.78, 5) is 22.9. The van der Waals surface area contributed by atoms with E-state index in [2.05, 4.69) is 46.4 Å². The second kappa shape index (κ2) is 8.21. The number of aromatic nitrogens is 2. The number of rotatable bonds is 6. The topological polar surface area (TPSA) is 49.0 Å². The number of carbonyl (C=O) groups excluding carboxylic acids is 1. The van der Waals surface area contributed by atoms with E-state index in [1.807, 2.05) is 29.2 Å². The maximum absolute atomic E-state index is 13.3. The first-order valence-electron chi connectivity index (χ1n) is 9.67. The van der Waals surface area contributed by atoms with Crippen LogP contribution in [0.1, 0.15) is 28.9 Å². The number of nitrogens with one attached hydrogen (secondary N) is 1. The molecule has 4 nitrogen and oxygen atoms in total. The molecule has 1 unspecified atom stereocenters. The van der Waals surface area contributed by atoms with Gasteiger partial charge in [-0.1, -0.05) is 60.7 Å². The van der Waals surface area contributed by atoms with Gasteiger partial charge in [0.25, 0.3) is 0 Å². The number of benzene rings is 2. The van der Waals surface area contributed by atoms with Crippen molar-refractivity contribution in [2.45, 2.75) is 32.2 Å². The van der Waals surface area contributed by atoms with Gasteiger partial charge in [-0.2, -0.15) is 0 Å². The van der Waals surface area contributed by atoms with Crippen LogP contribution < -0.4 is 0 Å². The van der Waals surface area contributed by atoms with Crippen molar-refractivity contribution in [2.24, 2.45) is 5.92 Å². The molecule has 4 heteroatoms. The average Bonchev–Trinajstić information content (AvgIpc) is 3.20. The van der Waals surface area contributed by atoms with Gasteiger partial charge < -0.3 is 9.88 Å². The Balaban J connectivity index is 1.48. The molecule has 0 radical (unpaired) electrons. The maximum Gasteiger partial charge on any atom is 0.226 e. The van der Waals surface area contributed by atoms with E-state index in [-0.39, 0.29) is 11.8 Å². The standard InChI is InChI=1S/C23H25N3O/c27-23(20-11-12-21-22(15-20)25-17-24-21)26(16-19-9-5-2-6-10-19)14-13-18-7-3-1-4-8-18/h1-10,17,20H,11-16H2,(H,24,25). The lowest BCUT2D eigenvalue weighted by molar-refractivity contribution is -0.136. The number of amides is 1. The van der Waals surface area contributed by atoms with E-state index in [0.29, 0.717) is 6.54 Å². The molecule has 3 aromatic rings. The normalized spacial score (nSPS) is 15.9. The van der Waals surface area contributed by atoms with Crippen LogP contribution >= 0.6 is 0 Å². The van der Waals surface area contributed by atoms with Gasteiger partial charge in [-0.15, -0.1) is 0 Å². The molecule has 0 bridgehead atoms. The highest BCUT2D eigenvalue weighted by Gasteiger charge is 2.29. The Labute approximate surface area is 160 Å². The monoisotopic (exact) mass is 359 g/mol. The quantitative estimate of drug-likeness (QED) is 0.728. The second-order valence-corrected chi connectivity index (χ2v) is 7.25. The number of nitrogens with zero attached hydrogens (tertiary/aromatic N) is 2. The van der Waals surface area contributed by atoms with Crippen LogP contribution in [0.25, 0.3) is 0 Å². The molecule has 1 atom stereocenters. The van der Waals surface area contributed by atoms with Crippen molar-refractivity contribution >= 4 is 5.91 Å². The Morgan fingerprint density at radius 1 is 1.04 bits per heavy atom. The first-order valence-corrected chi connectivity index (χ1v) is 9.67. The van der Waals surface area contributed by atoms with Crippen LogP contribution in [0.2, 0.25) is 0 Å². The van der Waals surface area contributed by atoms with Crippen molar-refractivity contribution < 1.29 is 4.79 Å². The Kier molecular flexibility index (Phi) is 5.33. The summed E-state index contributed by atoms with van der Waals surface area (Å²) in [7, 11) is 0. The Hall–Kier alpha value is -2.88. The van der Waals surface area contributed by atoms with Gasteiger partial charge in [-0.25, -0.2) is 4.98 Å². The number of aromatic amines is 1. The number of aryl methyl sites for hydroxylation is 1. The van der Waals surface area contributed by atoms with Gasteiger partial charge in [0.2, 0.25) is 5.91 Å². The van der Waals surface area contributed by atoms with E-state index in [1.54, 1.807) is 6.33 Å². The maximum atomic E-state index is 13.3. The van der Waals surface area contributed by atoms with Crippen LogP contribution in [0, 0.1) is 5.92 Å². The molecule has 1 aliphatic carbocycles. The Bertz CT molecular complexity index is 873. The van der Waals surface area contributed by atoms with Crippen LogP contribution in [-0.4, -0.2) is 27.3 Å². The summed E-state index contributed by atoms with van der Waals surface area (Å²) < 4.78 is 0. The smallest absolute Gasteiger partial charge is 0.226 e. The summed E-state index contributed by atoms with van der Waals surface area (Å²) >= 11 is 0. The molecule has 27 heavy (non-hydrogen) atoms. The van der Waals surface area contributed by atoms with Crippen LogP contribution in [0.5, 0.6) is 0 Å². The minimum atomic E-state index is 0.0393. The predicted octanol–water partition coefficient (Wildman–Crippen LogP) is 3.79. The summed E-state index contributed by atoms with van der Waals surface area (Å²) in [6, 6.07) is 20.7. The minimum Gasteiger partial charge on any atom is -0.348 e. The average molecular weight is 359 g/mol. The summed E-state index contributed by atoms with van der Waals surface area (Å²) in [6.45, 7) is 1.41. The lowest BCUT2D eigenvalue weighted by Crippen LogP contribution is -2.39. The number of carbonyl (C=O) groups is 1. The Morgan fingerprint density at radius 2 is 1.74 bits per heavy atom. The van der Waals surface area contributed by atoms with Crippen LogP contribution in [0.3, 0.4) is 0 Å². The fraction of sp³-hybridized carbons (Fsp3) is 0.304. The Morgan fingerprint density at radius 3 is 2.48 bits per heavy atom. The highest BCUT2D eigenvalue weighted by atomic mass is 16.2. The zero-order valence-corrected chi connectivity index (χ0v) is 15.5. The number of fused-ring (bicyclic) bond motifs is 1. The third-order valence-corrected chi connectivity index (χ3v) is 5.38. The molecule has 1 amide bonds. The highest BCUT2D eigenvalue weighted by molar-refractivity contribution is 5.79. The molecule has 1 aromatic heterocycles. The van der Waals surface area contributed by atoms with Gasteiger partial charge in [-0.3, -0.25) is 4.79 Å². The molecule has 0 fully saturated rings. The van der Waals surface area contributed by atoms with Gasteiger partial charge in [0.15, 0.2) is 0 Å². The molecule has 138 valence electrons. The number of hydrogen-bond acceptors (Lipinski definition) is 2. The zero-order chi connectivity index (χ0) is 18.5. The fourth-order valence-electron chi connectivity index (χ4n) is 3.85. The van der Waals surface area contributed by atoms with Crippen molar-refractivity contribution in [1.82, 2.24) is 14.9 Å². The third kappa shape index (κ3) is 4.27. The van der Waals surface area contributed by atoms with Gasteiger partial charge in [0.05, 0.1) is 12.0 Å². The van der Waals surface area contributed by atoms with E-state index in [9.17, 15) is 4.79 Å². The molecule has 1 heterocycles. The summed E-state index contributed by atoms with van der Waals surface area (Å²) in [5.41, 5.74) is 4.69. The lowest BCUT2D eigenvalue weighted by Gasteiger charge is -2.29. The summed E-state index contributed by atoms with van der Waals surface area (Å²) in [5.74, 6) is 0.299. The number of hydrogen-bond donors (Lipinski definition) is 1.